The van der Waals surface area contributed by atoms with Gasteiger partial charge >= 0.3 is 0 Å². The zero-order valence-corrected chi connectivity index (χ0v) is 9.75. The Morgan fingerprint density at radius 3 is 3.00 bits per heavy atom. The lowest BCUT2D eigenvalue weighted by molar-refractivity contribution is 0.0274. The van der Waals surface area contributed by atoms with Crippen molar-refractivity contribution >= 4 is 11.6 Å². The van der Waals surface area contributed by atoms with Crippen LogP contribution in [0, 0.1) is 0 Å². The average Bonchev–Trinajstić information content (AvgIpc) is 2.33. The van der Waals surface area contributed by atoms with Crippen molar-refractivity contribution in [1.29, 1.82) is 0 Å². The van der Waals surface area contributed by atoms with Gasteiger partial charge in [-0.15, -0.1) is 0 Å². The van der Waals surface area contributed by atoms with E-state index >= 15 is 0 Å². The van der Waals surface area contributed by atoms with E-state index in [0.717, 1.165) is 18.7 Å². The van der Waals surface area contributed by atoms with Gasteiger partial charge < -0.3 is 19.9 Å². The molecule has 4 nitrogen and oxygen atoms in total. The fourth-order valence-corrected chi connectivity index (χ4v) is 1.90. The third kappa shape index (κ3) is 2.24. The van der Waals surface area contributed by atoms with Crippen molar-refractivity contribution in [1.82, 2.24) is 5.32 Å². The molecule has 1 aliphatic heterocycles. The lowest BCUT2D eigenvalue weighted by Crippen LogP contribution is -2.33. The summed E-state index contributed by atoms with van der Waals surface area (Å²) in [6.07, 6.45) is -0.0641. The number of benzene rings is 1. The Kier molecular flexibility index (Phi) is 3.53. The molecule has 1 heterocycles. The van der Waals surface area contributed by atoms with E-state index in [2.05, 4.69) is 5.32 Å². The average molecular weight is 244 g/mol. The highest BCUT2D eigenvalue weighted by Crippen LogP contribution is 2.37. The maximum atomic E-state index is 9.65. The number of phenolic OH excluding ortho intramolecular Hbond substituents is 1. The molecule has 2 rings (SSSR count). The molecular formula is C11H14ClNO3. The number of rotatable bonds is 2. The highest BCUT2D eigenvalue weighted by Gasteiger charge is 2.19. The molecule has 88 valence electrons. The topological polar surface area (TPSA) is 50.7 Å². The number of hydrogen-bond acceptors (Lipinski definition) is 4. The van der Waals surface area contributed by atoms with Crippen LogP contribution in [-0.2, 0) is 4.74 Å². The SMILES string of the molecule is COc1cc(C2CNCCO2)cc(O)c1Cl. The number of methoxy groups -OCH3 is 1. The molecule has 0 saturated carbocycles. The zero-order valence-electron chi connectivity index (χ0n) is 9.00. The molecule has 0 amide bonds. The number of ether oxygens (including phenoxy) is 2. The van der Waals surface area contributed by atoms with Crippen LogP contribution >= 0.6 is 11.6 Å². The van der Waals surface area contributed by atoms with Gasteiger partial charge in [0.25, 0.3) is 0 Å². The Morgan fingerprint density at radius 1 is 1.56 bits per heavy atom. The van der Waals surface area contributed by atoms with Crippen molar-refractivity contribution in [3.63, 3.8) is 0 Å². The normalized spacial score (nSPS) is 20.8. The first kappa shape index (κ1) is 11.5. The van der Waals surface area contributed by atoms with Crippen molar-refractivity contribution in [3.05, 3.63) is 22.7 Å². The van der Waals surface area contributed by atoms with Crippen LogP contribution < -0.4 is 10.1 Å². The molecule has 0 bridgehead atoms. The van der Waals surface area contributed by atoms with Gasteiger partial charge in [0.15, 0.2) is 0 Å². The van der Waals surface area contributed by atoms with Gasteiger partial charge in [0.05, 0.1) is 19.8 Å². The van der Waals surface area contributed by atoms with Crippen LogP contribution in [0.5, 0.6) is 11.5 Å². The van der Waals surface area contributed by atoms with Gasteiger partial charge in [-0.1, -0.05) is 11.6 Å². The summed E-state index contributed by atoms with van der Waals surface area (Å²) in [5, 5.41) is 13.1. The van der Waals surface area contributed by atoms with E-state index in [0.29, 0.717) is 12.4 Å². The number of phenols is 1. The van der Waals surface area contributed by atoms with Crippen molar-refractivity contribution in [2.75, 3.05) is 26.8 Å². The zero-order chi connectivity index (χ0) is 11.5. The third-order valence-corrected chi connectivity index (χ3v) is 2.94. The van der Waals surface area contributed by atoms with E-state index in [9.17, 15) is 5.11 Å². The molecule has 2 N–H and O–H groups in total. The fraction of sp³-hybridized carbons (Fsp3) is 0.455. The summed E-state index contributed by atoms with van der Waals surface area (Å²) in [7, 11) is 1.52. The lowest BCUT2D eigenvalue weighted by Gasteiger charge is -2.24. The van der Waals surface area contributed by atoms with Crippen LogP contribution in [0.3, 0.4) is 0 Å². The van der Waals surface area contributed by atoms with Crippen molar-refractivity contribution in [2.24, 2.45) is 0 Å². The number of halogens is 1. The molecular weight excluding hydrogens is 230 g/mol. The van der Waals surface area contributed by atoms with Crippen LogP contribution in [0.1, 0.15) is 11.7 Å². The van der Waals surface area contributed by atoms with E-state index in [1.165, 1.54) is 7.11 Å². The van der Waals surface area contributed by atoms with Gasteiger partial charge in [0.2, 0.25) is 0 Å². The van der Waals surface area contributed by atoms with Gasteiger partial charge in [-0.25, -0.2) is 0 Å². The Balaban J connectivity index is 2.29. The van der Waals surface area contributed by atoms with Crippen molar-refractivity contribution < 1.29 is 14.6 Å². The van der Waals surface area contributed by atoms with E-state index < -0.39 is 0 Å². The number of nitrogens with one attached hydrogen (secondary N) is 1. The minimum Gasteiger partial charge on any atom is -0.506 e. The fourth-order valence-electron chi connectivity index (χ4n) is 1.72. The molecule has 0 radical (unpaired) electrons. The molecule has 1 aromatic carbocycles. The molecule has 0 aromatic heterocycles. The van der Waals surface area contributed by atoms with Crippen molar-refractivity contribution in [3.8, 4) is 11.5 Å². The number of aromatic hydroxyl groups is 1. The summed E-state index contributed by atoms with van der Waals surface area (Å²) in [4.78, 5) is 0. The highest BCUT2D eigenvalue weighted by atomic mass is 35.5. The second kappa shape index (κ2) is 4.91. The summed E-state index contributed by atoms with van der Waals surface area (Å²) in [6.45, 7) is 2.24. The van der Waals surface area contributed by atoms with Gasteiger partial charge in [0, 0.05) is 13.1 Å². The Morgan fingerprint density at radius 2 is 2.38 bits per heavy atom. The van der Waals surface area contributed by atoms with E-state index in [-0.39, 0.29) is 16.9 Å². The summed E-state index contributed by atoms with van der Waals surface area (Å²) in [5.41, 5.74) is 0.867. The molecule has 1 atom stereocenters. The van der Waals surface area contributed by atoms with Gasteiger partial charge in [0.1, 0.15) is 16.5 Å². The van der Waals surface area contributed by atoms with E-state index in [4.69, 9.17) is 21.1 Å². The molecule has 1 aromatic rings. The Bertz CT molecular complexity index is 378. The molecule has 0 aliphatic carbocycles. The van der Waals surface area contributed by atoms with Crippen LogP contribution in [0.25, 0.3) is 0 Å². The summed E-state index contributed by atoms with van der Waals surface area (Å²) in [6, 6.07) is 3.40. The van der Waals surface area contributed by atoms with E-state index in [1.807, 2.05) is 0 Å². The number of hydrogen-bond donors (Lipinski definition) is 2. The molecule has 5 heteroatoms. The van der Waals surface area contributed by atoms with E-state index in [1.54, 1.807) is 12.1 Å². The molecule has 1 fully saturated rings. The Hall–Kier alpha value is -0.970. The van der Waals surface area contributed by atoms with Crippen LogP contribution in [0.4, 0.5) is 0 Å². The summed E-state index contributed by atoms with van der Waals surface area (Å²) >= 11 is 5.87. The maximum absolute atomic E-state index is 9.65. The molecule has 0 spiro atoms. The van der Waals surface area contributed by atoms with Crippen molar-refractivity contribution in [2.45, 2.75) is 6.10 Å². The summed E-state index contributed by atoms with van der Waals surface area (Å²) in [5.74, 6) is 0.482. The lowest BCUT2D eigenvalue weighted by atomic mass is 10.1. The molecule has 1 unspecified atom stereocenters. The summed E-state index contributed by atoms with van der Waals surface area (Å²) < 4.78 is 10.7. The number of morpholine rings is 1. The minimum atomic E-state index is -0.0641. The molecule has 1 saturated heterocycles. The monoisotopic (exact) mass is 243 g/mol. The molecule has 16 heavy (non-hydrogen) atoms. The largest absolute Gasteiger partial charge is 0.506 e. The first-order valence-corrected chi connectivity index (χ1v) is 5.49. The highest BCUT2D eigenvalue weighted by molar-refractivity contribution is 6.33. The quantitative estimate of drug-likeness (QED) is 0.831. The third-order valence-electron chi connectivity index (χ3n) is 2.56. The Labute approximate surface area is 99.1 Å². The van der Waals surface area contributed by atoms with Gasteiger partial charge in [-0.3, -0.25) is 0 Å². The van der Waals surface area contributed by atoms with Crippen LogP contribution in [-0.4, -0.2) is 31.9 Å². The van der Waals surface area contributed by atoms with Crippen LogP contribution in [0.15, 0.2) is 12.1 Å². The first-order valence-electron chi connectivity index (χ1n) is 5.11. The second-order valence-corrected chi connectivity index (χ2v) is 4.00. The predicted octanol–water partition coefficient (Wildman–Crippen LogP) is 1.72. The second-order valence-electron chi connectivity index (χ2n) is 3.62. The first-order chi connectivity index (χ1) is 7.72. The predicted molar refractivity (Wildman–Crippen MR) is 61.2 cm³/mol. The van der Waals surface area contributed by atoms with Gasteiger partial charge in [-0.2, -0.15) is 0 Å². The standard InChI is InChI=1S/C11H14ClNO3/c1-15-9-5-7(4-8(14)11(9)12)10-6-13-2-3-16-10/h4-5,10,13-14H,2-3,6H2,1H3. The molecule has 1 aliphatic rings. The smallest absolute Gasteiger partial charge is 0.141 e. The maximum Gasteiger partial charge on any atom is 0.141 e. The minimum absolute atomic E-state index is 0.0187. The van der Waals surface area contributed by atoms with Crippen LogP contribution in [0.2, 0.25) is 5.02 Å². The van der Waals surface area contributed by atoms with Gasteiger partial charge in [-0.05, 0) is 17.7 Å².